The molecule has 154 valence electrons. The number of rotatable bonds is 14. The van der Waals surface area contributed by atoms with Crippen molar-refractivity contribution in [3.8, 4) is 5.75 Å². The van der Waals surface area contributed by atoms with Gasteiger partial charge in [-0.3, -0.25) is 0 Å². The van der Waals surface area contributed by atoms with Crippen LogP contribution in [0.4, 0.5) is 0 Å². The summed E-state index contributed by atoms with van der Waals surface area (Å²) in [5.41, 5.74) is 0. The zero-order chi connectivity index (χ0) is 20.1. The van der Waals surface area contributed by atoms with Crippen molar-refractivity contribution in [1.82, 2.24) is 0 Å². The van der Waals surface area contributed by atoms with Gasteiger partial charge in [0.2, 0.25) is 0 Å². The molecule has 3 nitrogen and oxygen atoms in total. The maximum absolute atomic E-state index is 11.0. The number of ether oxygens (including phenoxy) is 2. The van der Waals surface area contributed by atoms with Gasteiger partial charge in [0.1, 0.15) is 0 Å². The van der Waals surface area contributed by atoms with Gasteiger partial charge in [0.15, 0.2) is 0 Å². The third-order valence-corrected chi connectivity index (χ3v) is 21.0. The van der Waals surface area contributed by atoms with Crippen molar-refractivity contribution >= 4 is 27.9 Å². The molecule has 1 aromatic carbocycles. The standard InChI is InChI=1S/C11H13O3.3C4H9.Sn/c1-9(14-10(2)12)8-13-11-6-4-3-5-7-11;3*1-3-4-2;/h4-7,9H,8H2,1-2H3;3*1,3-4H2,2H3;/t9-;;;;/m0..../s1. The van der Waals surface area contributed by atoms with Crippen LogP contribution in [-0.4, -0.2) is 37.1 Å². The molecule has 0 aromatic heterocycles. The van der Waals surface area contributed by atoms with Crippen LogP contribution in [0.5, 0.6) is 5.75 Å². The Labute approximate surface area is 171 Å². The second kappa shape index (κ2) is 13.5. The van der Waals surface area contributed by atoms with Gasteiger partial charge in [-0.25, -0.2) is 0 Å². The third-order valence-electron chi connectivity index (χ3n) is 5.35. The molecule has 0 aliphatic heterocycles. The molecule has 0 spiro atoms. The molecular weight excluding hydrogens is 443 g/mol. The van der Waals surface area contributed by atoms with Crippen molar-refractivity contribution in [1.29, 1.82) is 0 Å². The van der Waals surface area contributed by atoms with Gasteiger partial charge in [-0.2, -0.15) is 0 Å². The number of carbonyl (C=O) groups excluding carboxylic acids is 1. The number of hydrogen-bond donors (Lipinski definition) is 0. The molecule has 0 unspecified atom stereocenters. The van der Waals surface area contributed by atoms with E-state index in [2.05, 4.69) is 45.0 Å². The monoisotopic (exact) mass is 484 g/mol. The predicted molar refractivity (Wildman–Crippen MR) is 118 cm³/mol. The van der Waals surface area contributed by atoms with Crippen LogP contribution >= 0.6 is 0 Å². The van der Waals surface area contributed by atoms with E-state index in [1.165, 1.54) is 58.8 Å². The fourth-order valence-electron chi connectivity index (χ4n) is 3.79. The first-order valence-electron chi connectivity index (χ1n) is 10.9. The SMILES string of the molecule is CCC[CH2][Sn]([CH2]CCC)([CH2]CCC)[c]1ccc(OC[C@H](C)OC(C)=O)cc1. The van der Waals surface area contributed by atoms with Gasteiger partial charge in [0.05, 0.1) is 0 Å². The summed E-state index contributed by atoms with van der Waals surface area (Å²) in [4.78, 5) is 11.0. The Hall–Kier alpha value is -0.711. The molecule has 1 aromatic rings. The molecule has 27 heavy (non-hydrogen) atoms. The topological polar surface area (TPSA) is 35.5 Å². The number of esters is 1. The van der Waals surface area contributed by atoms with Crippen molar-refractivity contribution in [2.75, 3.05) is 6.61 Å². The van der Waals surface area contributed by atoms with Crippen LogP contribution < -0.4 is 8.32 Å². The van der Waals surface area contributed by atoms with E-state index < -0.39 is 18.4 Å². The molecule has 0 aliphatic carbocycles. The van der Waals surface area contributed by atoms with E-state index in [0.717, 1.165) is 5.75 Å². The van der Waals surface area contributed by atoms with Crippen molar-refractivity contribution in [2.24, 2.45) is 0 Å². The Morgan fingerprint density at radius 1 is 0.926 bits per heavy atom. The number of unbranched alkanes of at least 4 members (excludes halogenated alkanes) is 3. The molecule has 0 aliphatic rings. The van der Waals surface area contributed by atoms with Gasteiger partial charge in [0, 0.05) is 0 Å². The van der Waals surface area contributed by atoms with Gasteiger partial charge in [-0.1, -0.05) is 0 Å². The second-order valence-corrected chi connectivity index (χ2v) is 21.1. The molecule has 0 saturated heterocycles. The average Bonchev–Trinajstić information content (AvgIpc) is 2.66. The molecule has 0 radical (unpaired) electrons. The summed E-state index contributed by atoms with van der Waals surface area (Å²) < 4.78 is 17.1. The fourth-order valence-corrected chi connectivity index (χ4v) is 19.7. The van der Waals surface area contributed by atoms with E-state index in [9.17, 15) is 4.79 Å². The van der Waals surface area contributed by atoms with Gasteiger partial charge >= 0.3 is 171 Å². The summed E-state index contributed by atoms with van der Waals surface area (Å²) in [6.45, 7) is 10.6. The number of hydrogen-bond acceptors (Lipinski definition) is 3. The summed E-state index contributed by atoms with van der Waals surface area (Å²) >= 11 is -2.34. The molecule has 0 fully saturated rings. The minimum absolute atomic E-state index is 0.223. The van der Waals surface area contributed by atoms with Crippen LogP contribution in [0, 0.1) is 0 Å². The van der Waals surface area contributed by atoms with E-state index in [1.807, 2.05) is 6.92 Å². The first-order valence-corrected chi connectivity index (χ1v) is 18.4. The normalized spacial score (nSPS) is 12.6. The first-order chi connectivity index (χ1) is 13.0. The molecule has 0 saturated carbocycles. The van der Waals surface area contributed by atoms with Crippen molar-refractivity contribution < 1.29 is 14.3 Å². The van der Waals surface area contributed by atoms with Gasteiger partial charge < -0.3 is 0 Å². The molecule has 4 heteroatoms. The summed E-state index contributed by atoms with van der Waals surface area (Å²) in [6, 6.07) is 8.96. The maximum atomic E-state index is 11.0. The molecule has 0 amide bonds. The Morgan fingerprint density at radius 3 is 1.81 bits per heavy atom. The second-order valence-electron chi connectivity index (χ2n) is 7.85. The van der Waals surface area contributed by atoms with Crippen molar-refractivity contribution in [3.63, 3.8) is 0 Å². The van der Waals surface area contributed by atoms with Gasteiger partial charge in [-0.05, 0) is 0 Å². The minimum atomic E-state index is -2.34. The van der Waals surface area contributed by atoms with Crippen LogP contribution in [0.1, 0.15) is 73.1 Å². The van der Waals surface area contributed by atoms with Crippen molar-refractivity contribution in [2.45, 2.75) is 92.6 Å². The summed E-state index contributed by atoms with van der Waals surface area (Å²) in [5, 5.41) is 0. The molecule has 1 atom stereocenters. The molecule has 1 rings (SSSR count). The van der Waals surface area contributed by atoms with E-state index in [4.69, 9.17) is 9.47 Å². The zero-order valence-electron chi connectivity index (χ0n) is 18.2. The van der Waals surface area contributed by atoms with E-state index in [0.29, 0.717) is 6.61 Å². The first kappa shape index (κ1) is 24.3. The van der Waals surface area contributed by atoms with Crippen LogP contribution in [0.3, 0.4) is 0 Å². The predicted octanol–water partition coefficient (Wildman–Crippen LogP) is 6.07. The zero-order valence-corrected chi connectivity index (χ0v) is 21.0. The fraction of sp³-hybridized carbons (Fsp3) is 0.696. The molecular formula is C23H40O3Sn. The summed E-state index contributed by atoms with van der Waals surface area (Å²) in [7, 11) is 0. The quantitative estimate of drug-likeness (QED) is 0.238. The molecule has 0 heterocycles. The van der Waals surface area contributed by atoms with Crippen LogP contribution in [0.25, 0.3) is 0 Å². The van der Waals surface area contributed by atoms with Crippen molar-refractivity contribution in [3.05, 3.63) is 24.3 Å². The van der Waals surface area contributed by atoms with E-state index in [1.54, 1.807) is 3.58 Å². The number of benzene rings is 1. The Bertz CT molecular complexity index is 505. The van der Waals surface area contributed by atoms with Crippen LogP contribution in [0.2, 0.25) is 13.3 Å². The van der Waals surface area contributed by atoms with Gasteiger partial charge in [-0.15, -0.1) is 0 Å². The van der Waals surface area contributed by atoms with Gasteiger partial charge in [0.25, 0.3) is 0 Å². The molecule has 0 bridgehead atoms. The van der Waals surface area contributed by atoms with Crippen LogP contribution in [-0.2, 0) is 9.53 Å². The van der Waals surface area contributed by atoms with E-state index in [-0.39, 0.29) is 12.1 Å². The number of carbonyl (C=O) groups is 1. The summed E-state index contributed by atoms with van der Waals surface area (Å²) in [5.74, 6) is 0.613. The Balaban J connectivity index is 2.89. The third kappa shape index (κ3) is 8.89. The van der Waals surface area contributed by atoms with Crippen LogP contribution in [0.15, 0.2) is 24.3 Å². The molecule has 0 N–H and O–H groups in total. The summed E-state index contributed by atoms with van der Waals surface area (Å²) in [6.07, 6.45) is 7.80. The Morgan fingerprint density at radius 2 is 1.41 bits per heavy atom. The Kier molecular flexibility index (Phi) is 12.1. The van der Waals surface area contributed by atoms with E-state index >= 15 is 0 Å². The average molecular weight is 483 g/mol.